The monoisotopic (exact) mass is 304 g/mol. The molecule has 0 radical (unpaired) electrons. The average Bonchev–Trinajstić information content (AvgIpc) is 2.52. The molecule has 1 atom stereocenters. The fourth-order valence-electron chi connectivity index (χ4n) is 2.34. The van der Waals surface area contributed by atoms with Crippen molar-refractivity contribution in [3.8, 4) is 17.2 Å². The summed E-state index contributed by atoms with van der Waals surface area (Å²) in [7, 11) is 4.54. The molecule has 0 heterocycles. The lowest BCUT2D eigenvalue weighted by Crippen LogP contribution is -2.03. The Morgan fingerprint density at radius 1 is 1.09 bits per heavy atom. The van der Waals surface area contributed by atoms with Crippen molar-refractivity contribution >= 4 is 6.08 Å². The quantitative estimate of drug-likeness (QED) is 0.872. The highest BCUT2D eigenvalue weighted by atomic mass is 16.5. The minimum absolute atomic E-state index is 0.00824. The first-order valence-electron chi connectivity index (χ1n) is 6.86. The van der Waals surface area contributed by atoms with Crippen LogP contribution < -0.4 is 9.47 Å². The van der Waals surface area contributed by atoms with E-state index in [0.29, 0.717) is 23.7 Å². The summed E-state index contributed by atoms with van der Waals surface area (Å²) in [5.41, 5.74) is 0.724. The molecular formula is C17H20O5. The minimum atomic E-state index is -0.0355. The van der Waals surface area contributed by atoms with Gasteiger partial charge in [0, 0.05) is 24.0 Å². The van der Waals surface area contributed by atoms with Gasteiger partial charge in [-0.1, -0.05) is 12.2 Å². The zero-order chi connectivity index (χ0) is 16.1. The summed E-state index contributed by atoms with van der Waals surface area (Å²) in [4.78, 5) is 0. The molecule has 1 aromatic carbocycles. The van der Waals surface area contributed by atoms with Crippen molar-refractivity contribution in [3.63, 3.8) is 0 Å². The normalized spacial score (nSPS) is 17.9. The Morgan fingerprint density at radius 3 is 2.50 bits per heavy atom. The van der Waals surface area contributed by atoms with Gasteiger partial charge in [0.25, 0.3) is 0 Å². The van der Waals surface area contributed by atoms with Gasteiger partial charge in [0.2, 0.25) is 5.75 Å². The molecule has 0 aliphatic heterocycles. The topological polar surface area (TPSA) is 68.2 Å². The van der Waals surface area contributed by atoms with Gasteiger partial charge in [-0.05, 0) is 18.2 Å². The third kappa shape index (κ3) is 3.36. The van der Waals surface area contributed by atoms with E-state index >= 15 is 0 Å². The number of benzene rings is 1. The number of aromatic hydroxyl groups is 1. The molecule has 5 heteroatoms. The number of phenolic OH excluding ortho intramolecular Hbond substituents is 1. The second kappa shape index (κ2) is 6.93. The number of rotatable bonds is 5. The number of allylic oxidation sites excluding steroid dienone is 4. The zero-order valence-electron chi connectivity index (χ0n) is 12.9. The van der Waals surface area contributed by atoms with Crippen molar-refractivity contribution in [2.75, 3.05) is 21.3 Å². The predicted octanol–water partition coefficient (Wildman–Crippen LogP) is 3.41. The van der Waals surface area contributed by atoms with Gasteiger partial charge < -0.3 is 24.4 Å². The SMILES string of the molecule is COC1=CC(/C=C/c2ccc(OC)c(O)c2OC)CC(O)=C1. The van der Waals surface area contributed by atoms with Crippen LogP contribution in [0.3, 0.4) is 0 Å². The molecule has 1 unspecified atom stereocenters. The Morgan fingerprint density at radius 2 is 1.86 bits per heavy atom. The van der Waals surface area contributed by atoms with Crippen LogP contribution in [0.25, 0.3) is 6.08 Å². The summed E-state index contributed by atoms with van der Waals surface area (Å²) in [5, 5.41) is 19.8. The first-order valence-corrected chi connectivity index (χ1v) is 6.86. The second-order valence-electron chi connectivity index (χ2n) is 4.87. The third-order valence-corrected chi connectivity index (χ3v) is 3.44. The third-order valence-electron chi connectivity index (χ3n) is 3.44. The molecule has 2 N–H and O–H groups in total. The smallest absolute Gasteiger partial charge is 0.201 e. The van der Waals surface area contributed by atoms with Crippen LogP contribution in [0.4, 0.5) is 0 Å². The van der Waals surface area contributed by atoms with Crippen LogP contribution in [-0.4, -0.2) is 31.5 Å². The van der Waals surface area contributed by atoms with Gasteiger partial charge >= 0.3 is 0 Å². The maximum absolute atomic E-state index is 10.1. The Kier molecular flexibility index (Phi) is 4.99. The van der Waals surface area contributed by atoms with E-state index in [4.69, 9.17) is 14.2 Å². The first-order chi connectivity index (χ1) is 10.6. The molecule has 1 aliphatic rings. The highest BCUT2D eigenvalue weighted by Gasteiger charge is 2.15. The Hall–Kier alpha value is -2.56. The molecule has 1 aromatic rings. The van der Waals surface area contributed by atoms with E-state index < -0.39 is 0 Å². The largest absolute Gasteiger partial charge is 0.512 e. The highest BCUT2D eigenvalue weighted by molar-refractivity contribution is 5.66. The number of aliphatic hydroxyl groups excluding tert-OH is 1. The van der Waals surface area contributed by atoms with Gasteiger partial charge in [-0.3, -0.25) is 0 Å². The molecule has 1 aliphatic carbocycles. The van der Waals surface area contributed by atoms with Gasteiger partial charge in [0.15, 0.2) is 11.5 Å². The van der Waals surface area contributed by atoms with E-state index in [0.717, 1.165) is 5.56 Å². The van der Waals surface area contributed by atoms with Gasteiger partial charge in [-0.15, -0.1) is 0 Å². The summed E-state index contributed by atoms with van der Waals surface area (Å²) in [6.07, 6.45) is 7.79. The first kappa shape index (κ1) is 15.8. The van der Waals surface area contributed by atoms with Crippen LogP contribution in [0.2, 0.25) is 0 Å². The van der Waals surface area contributed by atoms with Gasteiger partial charge in [0.1, 0.15) is 5.76 Å². The van der Waals surface area contributed by atoms with Crippen LogP contribution in [0, 0.1) is 5.92 Å². The summed E-state index contributed by atoms with van der Waals surface area (Å²) in [6.45, 7) is 0. The van der Waals surface area contributed by atoms with E-state index in [9.17, 15) is 10.2 Å². The van der Waals surface area contributed by atoms with Crippen molar-refractivity contribution in [3.05, 3.63) is 47.4 Å². The minimum Gasteiger partial charge on any atom is -0.512 e. The fourth-order valence-corrected chi connectivity index (χ4v) is 2.34. The number of aliphatic hydroxyl groups is 1. The Balaban J connectivity index is 2.26. The molecule has 118 valence electrons. The van der Waals surface area contributed by atoms with Crippen molar-refractivity contribution < 1.29 is 24.4 Å². The van der Waals surface area contributed by atoms with E-state index in [-0.39, 0.29) is 17.4 Å². The van der Waals surface area contributed by atoms with Crippen molar-refractivity contribution in [2.24, 2.45) is 5.92 Å². The van der Waals surface area contributed by atoms with Gasteiger partial charge in [0.05, 0.1) is 27.1 Å². The summed E-state index contributed by atoms with van der Waals surface area (Å²) in [5.74, 6) is 1.58. The average molecular weight is 304 g/mol. The molecule has 0 fully saturated rings. The van der Waals surface area contributed by atoms with E-state index in [1.807, 2.05) is 18.2 Å². The van der Waals surface area contributed by atoms with E-state index in [2.05, 4.69) is 0 Å². The Bertz CT molecular complexity index is 628. The van der Waals surface area contributed by atoms with Crippen molar-refractivity contribution in [1.29, 1.82) is 0 Å². The van der Waals surface area contributed by atoms with Crippen LogP contribution in [0.1, 0.15) is 12.0 Å². The number of hydrogen-bond donors (Lipinski definition) is 2. The maximum Gasteiger partial charge on any atom is 0.201 e. The van der Waals surface area contributed by atoms with E-state index in [1.165, 1.54) is 14.2 Å². The zero-order valence-corrected chi connectivity index (χ0v) is 12.9. The molecule has 0 spiro atoms. The van der Waals surface area contributed by atoms with Gasteiger partial charge in [-0.25, -0.2) is 0 Å². The number of phenols is 1. The van der Waals surface area contributed by atoms with Crippen LogP contribution in [0.15, 0.2) is 41.9 Å². The molecular weight excluding hydrogens is 284 g/mol. The highest BCUT2D eigenvalue weighted by Crippen LogP contribution is 2.39. The number of methoxy groups -OCH3 is 3. The molecule has 0 amide bonds. The number of hydrogen-bond acceptors (Lipinski definition) is 5. The van der Waals surface area contributed by atoms with Gasteiger partial charge in [-0.2, -0.15) is 0 Å². The lowest BCUT2D eigenvalue weighted by molar-refractivity contribution is 0.287. The molecule has 2 rings (SSSR count). The summed E-state index contributed by atoms with van der Waals surface area (Å²) in [6, 6.07) is 3.47. The number of ether oxygens (including phenoxy) is 3. The van der Waals surface area contributed by atoms with Crippen molar-refractivity contribution in [2.45, 2.75) is 6.42 Å². The van der Waals surface area contributed by atoms with Crippen molar-refractivity contribution in [1.82, 2.24) is 0 Å². The molecule has 0 saturated heterocycles. The maximum atomic E-state index is 10.1. The second-order valence-corrected chi connectivity index (χ2v) is 4.87. The standard InChI is InChI=1S/C17H20O5/c1-20-14-9-11(8-13(18)10-14)4-5-12-6-7-15(21-2)16(19)17(12)22-3/h4-7,9-11,18-19H,8H2,1-3H3/b5-4+. The summed E-state index contributed by atoms with van der Waals surface area (Å²) >= 11 is 0. The summed E-state index contributed by atoms with van der Waals surface area (Å²) < 4.78 is 15.4. The van der Waals surface area contributed by atoms with Crippen LogP contribution >= 0.6 is 0 Å². The molecule has 0 aromatic heterocycles. The molecule has 22 heavy (non-hydrogen) atoms. The molecule has 0 bridgehead atoms. The fraction of sp³-hybridized carbons (Fsp3) is 0.294. The van der Waals surface area contributed by atoms with Crippen LogP contribution in [-0.2, 0) is 4.74 Å². The molecule has 5 nitrogen and oxygen atoms in total. The predicted molar refractivity (Wildman–Crippen MR) is 84.2 cm³/mol. The molecule has 0 saturated carbocycles. The Labute approximate surface area is 129 Å². The lowest BCUT2D eigenvalue weighted by Gasteiger charge is -2.15. The van der Waals surface area contributed by atoms with E-state index in [1.54, 1.807) is 25.3 Å². The lowest BCUT2D eigenvalue weighted by atomic mass is 9.97. The van der Waals surface area contributed by atoms with Crippen LogP contribution in [0.5, 0.6) is 17.2 Å².